The van der Waals surface area contributed by atoms with Gasteiger partial charge in [0, 0.05) is 67.6 Å². The number of hydrogen-bond donors (Lipinski definition) is 29. The predicted molar refractivity (Wildman–Crippen MR) is 535 cm³/mol. The molecule has 0 radical (unpaired) electrons. The van der Waals surface area contributed by atoms with Gasteiger partial charge in [0.05, 0.1) is 24.7 Å². The second-order valence-electron chi connectivity index (χ2n) is 39.4. The Hall–Kier alpha value is -14.5. The molecule has 1 saturated carbocycles. The number of aromatic nitrogens is 3. The summed E-state index contributed by atoms with van der Waals surface area (Å²) in [6.45, 7) is 20.8. The van der Waals surface area contributed by atoms with Gasteiger partial charge in [0.15, 0.2) is 5.96 Å². The fraction of sp³-hybridized carbons (Fsp3) is 0.642. The van der Waals surface area contributed by atoms with E-state index in [0.29, 0.717) is 48.6 Å². The monoisotopic (exact) mass is 2070 g/mol. The van der Waals surface area contributed by atoms with Crippen LogP contribution in [0.2, 0.25) is 0 Å². The number of fused-ring (bicyclic) bond motifs is 1. The van der Waals surface area contributed by atoms with Gasteiger partial charge in [0.25, 0.3) is 0 Å². The SMILES string of the molecule is CC[C@H](C)[C@H](NC(=O)[C@H](CCC(=O)O)NC(=O)C(C)(C)NC(=O)[C@@H](NC(=O)C1(N)CCCC1)C(C)C)C(=O)N[C@@H](CCC(N)=O)C(=O)N[C@@H](CC(C)C)C(=O)N[C@@H](CC(C)C)C(=O)N[C@@H](Cc1cnc[nH]1)C(=O)N[C@@H](CCC(N)=O)C(=O)N[C@@H](CCCCNC(=N)N)C(=O)N[C@@H](C)C(=O)N[C@@H](CCCCN)C(=O)N[C@@H](Cc1c[nH]c2ccccc12)C(=O)N[C@@H](CC(C)C)C(=O)N[C@@H](CC(N)=O)C(=O)N[C@@H](CC(=O)O)C(N)=O. The zero-order valence-electron chi connectivity index (χ0n) is 85.8. The van der Waals surface area contributed by atoms with Crippen LogP contribution in [0.15, 0.2) is 43.0 Å². The van der Waals surface area contributed by atoms with Crippen LogP contribution in [-0.4, -0.2) is 276 Å². The van der Waals surface area contributed by atoms with Crippen molar-refractivity contribution in [2.45, 2.75) is 346 Å². The molecular weight excluding hydrogens is 1920 g/mol. The first kappa shape index (κ1) is 125. The summed E-state index contributed by atoms with van der Waals surface area (Å²) >= 11 is 0. The molecule has 1 fully saturated rings. The number of aliphatic carboxylic acids is 2. The molecule has 4 rings (SSSR count). The highest BCUT2D eigenvalue weighted by molar-refractivity contribution is 6.03. The summed E-state index contributed by atoms with van der Waals surface area (Å²) in [7, 11) is 0. The van der Waals surface area contributed by atoms with E-state index >= 15 is 9.59 Å². The Balaban J connectivity index is 1.66. The molecule has 0 unspecified atom stereocenters. The Morgan fingerprint density at radius 3 is 1.32 bits per heavy atom. The Kier molecular flexibility index (Phi) is 51.8. The molecule has 3 aromatic rings. The molecule has 0 saturated heterocycles. The number of aromatic amines is 2. The number of carboxylic acid groups (broad SMARTS) is 2. The second kappa shape index (κ2) is 61.1. The van der Waals surface area contributed by atoms with Gasteiger partial charge in [-0.05, 0) is 158 Å². The van der Waals surface area contributed by atoms with Crippen LogP contribution in [0.3, 0.4) is 0 Å². The molecule has 1 aliphatic rings. The van der Waals surface area contributed by atoms with Crippen LogP contribution >= 0.6 is 0 Å². The maximum absolute atomic E-state index is 15.0. The average Bonchev–Trinajstić information content (AvgIpc) is 1.71. The molecule has 0 spiro atoms. The van der Waals surface area contributed by atoms with Crippen LogP contribution in [0.4, 0.5) is 0 Å². The largest absolute Gasteiger partial charge is 0.481 e. The standard InChI is InChI=1S/C95H154N28O24/c1-14-51(10)75(121-82(137)61(29-32-72(127)128)120-91(146)94(12,13)123-90(145)74(50(8)9)122-92(147)95(103)33-19-20-34-95)89(144)112-60(28-31-70(98)125)81(136)114-63(37-47(2)3)83(138)115-64(38-48(4)5)84(139)118-67(41-54-45-104-46-107-54)87(142)111-59(27-30-69(97)124)80(135)110-57(26-18-22-36-105-93(101)102)78(133)108-52(11)77(132)109-58(25-17-21-35-96)79(134)117-66(40-53-44-106-56-24-16-15-23-55(53)56)86(141)116-65(39-49(6)7)85(140)119-68(42-71(99)126)88(143)113-62(76(100)131)43-73(129)130/h15-16,23-24,44-52,57-68,74-75,106H,14,17-22,25-43,96,103H2,1-13H3,(H2,97,124)(H2,98,125)(H2,99,126)(H2,100,131)(H,104,107)(H,108,133)(H,109,132)(H,110,135)(H,111,142)(H,112,144)(H,113,143)(H,114,136)(H,115,138)(H,116,141)(H,117,134)(H,118,139)(H,119,140)(H,120,146)(H,121,137)(H,122,147)(H,123,145)(H,127,128)(H,129,130)(H4,101,102,105)/t51-,52-,57-,58-,59-,60-,61-,62-,63-,64-,65-,66-,67-,68-,74-,75-/m0/s1. The minimum absolute atomic E-state index is 0.0921. The second-order valence-corrected chi connectivity index (χ2v) is 39.4. The lowest BCUT2D eigenvalue weighted by molar-refractivity contribution is -0.141. The summed E-state index contributed by atoms with van der Waals surface area (Å²) in [6.07, 6.45) is 0.630. The lowest BCUT2D eigenvalue weighted by Gasteiger charge is -2.33. The molecule has 16 atom stereocenters. The minimum atomic E-state index is -1.84. The third-order valence-electron chi connectivity index (χ3n) is 24.5. The number of rotatable bonds is 68. The molecule has 1 aliphatic carbocycles. The van der Waals surface area contributed by atoms with E-state index in [1.165, 1.54) is 33.3 Å². The van der Waals surface area contributed by atoms with Gasteiger partial charge in [-0.2, -0.15) is 0 Å². The van der Waals surface area contributed by atoms with Gasteiger partial charge >= 0.3 is 11.9 Å². The lowest BCUT2D eigenvalue weighted by Crippen LogP contribution is -2.64. The van der Waals surface area contributed by atoms with Gasteiger partial charge < -0.3 is 151 Å². The highest BCUT2D eigenvalue weighted by Crippen LogP contribution is 2.29. The Morgan fingerprint density at radius 2 is 0.864 bits per heavy atom. The van der Waals surface area contributed by atoms with Crippen LogP contribution in [0.1, 0.15) is 243 Å². The van der Waals surface area contributed by atoms with Crippen LogP contribution in [0, 0.1) is 35.0 Å². The van der Waals surface area contributed by atoms with Gasteiger partial charge in [0.2, 0.25) is 118 Å². The fourth-order valence-electron chi connectivity index (χ4n) is 16.0. The van der Waals surface area contributed by atoms with Gasteiger partial charge in [-0.3, -0.25) is 111 Å². The molecule has 36 N–H and O–H groups in total. The van der Waals surface area contributed by atoms with E-state index < -0.39 is 319 Å². The normalized spacial score (nSPS) is 15.5. The quantitative estimate of drug-likeness (QED) is 0.0143. The van der Waals surface area contributed by atoms with Crippen molar-refractivity contribution in [3.8, 4) is 0 Å². The topological polar surface area (TPSA) is 871 Å². The van der Waals surface area contributed by atoms with Gasteiger partial charge in [0.1, 0.15) is 96.2 Å². The first-order chi connectivity index (χ1) is 68.9. The molecule has 818 valence electrons. The van der Waals surface area contributed by atoms with E-state index in [1.54, 1.807) is 99.7 Å². The molecule has 0 bridgehead atoms. The zero-order chi connectivity index (χ0) is 111. The Bertz CT molecular complexity index is 5060. The number of para-hydroxylation sites is 1. The molecular formula is C95H154N28O24. The number of primary amides is 4. The van der Waals surface area contributed by atoms with Crippen LogP contribution < -0.4 is 131 Å². The number of carboxylic acids is 2. The first-order valence-corrected chi connectivity index (χ1v) is 49.5. The fourth-order valence-corrected chi connectivity index (χ4v) is 16.0. The number of nitrogens with two attached hydrogens (primary N) is 7. The van der Waals surface area contributed by atoms with Crippen molar-refractivity contribution < 1.29 is 116 Å². The van der Waals surface area contributed by atoms with Crippen LogP contribution in [0.25, 0.3) is 10.9 Å². The first-order valence-electron chi connectivity index (χ1n) is 49.5. The number of nitrogens with zero attached hydrogens (tertiary/aromatic N) is 1. The van der Waals surface area contributed by atoms with E-state index in [1.807, 2.05) is 0 Å². The lowest BCUT2D eigenvalue weighted by atomic mass is 9.94. The summed E-state index contributed by atoms with van der Waals surface area (Å²) < 4.78 is 0. The van der Waals surface area contributed by atoms with Gasteiger partial charge in [-0.1, -0.05) is 107 Å². The molecule has 20 amide bonds. The highest BCUT2D eigenvalue weighted by atomic mass is 16.4. The summed E-state index contributed by atoms with van der Waals surface area (Å²) in [5.74, 6) is -25.9. The number of unbranched alkanes of at least 4 members (excludes halogenated alkanes) is 2. The van der Waals surface area contributed by atoms with Crippen molar-refractivity contribution in [3.63, 3.8) is 0 Å². The molecule has 52 heteroatoms. The number of carbonyl (C=O) groups excluding carboxylic acids is 20. The number of carbonyl (C=O) groups is 22. The van der Waals surface area contributed by atoms with Crippen molar-refractivity contribution in [2.24, 2.45) is 69.7 Å². The third-order valence-corrected chi connectivity index (χ3v) is 24.5. The van der Waals surface area contributed by atoms with E-state index in [9.17, 15) is 106 Å². The van der Waals surface area contributed by atoms with Crippen molar-refractivity contribution >= 4 is 147 Å². The number of nitrogens with one attached hydrogen (secondary N) is 20. The number of hydrogen-bond acceptors (Lipinski definition) is 26. The molecule has 2 heterocycles. The number of imidazole rings is 1. The maximum atomic E-state index is 15.0. The molecule has 2 aromatic heterocycles. The Labute approximate surface area is 852 Å². The average molecular weight is 2070 g/mol. The van der Waals surface area contributed by atoms with Gasteiger partial charge in [-0.15, -0.1) is 0 Å². The number of amides is 20. The van der Waals surface area contributed by atoms with E-state index in [4.69, 9.17) is 45.5 Å². The molecule has 52 nitrogen and oxygen atoms in total. The molecule has 147 heavy (non-hydrogen) atoms. The zero-order valence-corrected chi connectivity index (χ0v) is 85.8. The van der Waals surface area contributed by atoms with Gasteiger partial charge in [-0.25, -0.2) is 4.98 Å². The molecule has 1 aromatic carbocycles. The van der Waals surface area contributed by atoms with Crippen molar-refractivity contribution in [3.05, 3.63) is 54.2 Å². The van der Waals surface area contributed by atoms with E-state index in [-0.39, 0.29) is 88.9 Å². The van der Waals surface area contributed by atoms with E-state index in [0.717, 1.165) is 0 Å². The van der Waals surface area contributed by atoms with Crippen LogP contribution in [0.5, 0.6) is 0 Å². The smallest absolute Gasteiger partial charge is 0.305 e. The van der Waals surface area contributed by atoms with Crippen molar-refractivity contribution in [2.75, 3.05) is 13.1 Å². The highest BCUT2D eigenvalue weighted by Gasteiger charge is 2.45. The van der Waals surface area contributed by atoms with Crippen molar-refractivity contribution in [1.29, 1.82) is 5.41 Å². The number of benzene rings is 1. The van der Waals surface area contributed by atoms with Crippen molar-refractivity contribution in [1.82, 2.24) is 105 Å². The summed E-state index contributed by atoms with van der Waals surface area (Å²) in [5, 5.41) is 71.0. The number of guanidine groups is 1. The molecule has 0 aliphatic heterocycles. The minimum Gasteiger partial charge on any atom is -0.481 e. The third kappa shape index (κ3) is 43.8. The maximum Gasteiger partial charge on any atom is 0.305 e. The summed E-state index contributed by atoms with van der Waals surface area (Å²) in [5.41, 5.74) is 38.1. The van der Waals surface area contributed by atoms with E-state index in [2.05, 4.69) is 105 Å². The summed E-state index contributed by atoms with van der Waals surface area (Å²) in [6, 6.07) is -17.2. The van der Waals surface area contributed by atoms with Crippen LogP contribution in [-0.2, 0) is 118 Å². The Morgan fingerprint density at radius 1 is 0.442 bits per heavy atom. The summed E-state index contributed by atoms with van der Waals surface area (Å²) in [4.78, 5) is 315. The predicted octanol–water partition coefficient (Wildman–Crippen LogP) is -5.01. The number of H-pyrrole nitrogens is 2.